The molecule has 0 saturated carbocycles. The number of nitrogens with two attached hydrogens (primary N) is 1. The van der Waals surface area contributed by atoms with Crippen LogP contribution in [0.3, 0.4) is 0 Å². The molecule has 1 aromatic rings. The van der Waals surface area contributed by atoms with Crippen LogP contribution >= 0.6 is 0 Å². The summed E-state index contributed by atoms with van der Waals surface area (Å²) in [5.41, 5.74) is 5.97. The van der Waals surface area contributed by atoms with E-state index in [9.17, 15) is 13.6 Å². The zero-order chi connectivity index (χ0) is 14.7. The van der Waals surface area contributed by atoms with Gasteiger partial charge in [-0.05, 0) is 30.4 Å². The maximum Gasteiger partial charge on any atom is 0.227 e. The van der Waals surface area contributed by atoms with Gasteiger partial charge in [-0.2, -0.15) is 0 Å². The fourth-order valence-corrected chi connectivity index (χ4v) is 2.85. The molecule has 1 fully saturated rings. The minimum absolute atomic E-state index is 0.0137. The highest BCUT2D eigenvalue weighted by atomic mass is 19.1. The topological polar surface area (TPSA) is 46.3 Å². The molecule has 1 aromatic carbocycles. The molecule has 2 N–H and O–H groups in total. The van der Waals surface area contributed by atoms with Crippen molar-refractivity contribution in [1.82, 2.24) is 4.90 Å². The number of carbonyl (C=O) groups excluding carboxylic acids is 1. The largest absolute Gasteiger partial charge is 0.338 e. The lowest BCUT2D eigenvalue weighted by molar-refractivity contribution is -0.135. The molecule has 0 radical (unpaired) electrons. The predicted molar refractivity (Wildman–Crippen MR) is 73.0 cm³/mol. The van der Waals surface area contributed by atoms with E-state index in [0.717, 1.165) is 18.9 Å². The van der Waals surface area contributed by atoms with Gasteiger partial charge < -0.3 is 10.6 Å². The number of hydrogen-bond donors (Lipinski definition) is 1. The van der Waals surface area contributed by atoms with Gasteiger partial charge in [-0.3, -0.25) is 4.79 Å². The minimum atomic E-state index is -0.673. The van der Waals surface area contributed by atoms with E-state index in [2.05, 4.69) is 6.92 Å². The van der Waals surface area contributed by atoms with Gasteiger partial charge in [0.05, 0.1) is 6.42 Å². The molecule has 110 valence electrons. The van der Waals surface area contributed by atoms with Crippen LogP contribution in [0.25, 0.3) is 0 Å². The molecule has 0 spiro atoms. The number of amides is 1. The highest BCUT2D eigenvalue weighted by Crippen LogP contribution is 2.23. The molecular weight excluding hydrogens is 262 g/mol. The van der Waals surface area contributed by atoms with Crippen molar-refractivity contribution in [2.24, 2.45) is 11.7 Å². The normalized spacial score (nSPS) is 22.9. The third-order valence-electron chi connectivity index (χ3n) is 4.03. The molecule has 1 saturated heterocycles. The van der Waals surface area contributed by atoms with E-state index < -0.39 is 11.6 Å². The van der Waals surface area contributed by atoms with Gasteiger partial charge in [0.2, 0.25) is 5.91 Å². The van der Waals surface area contributed by atoms with Crippen LogP contribution in [-0.4, -0.2) is 29.9 Å². The van der Waals surface area contributed by atoms with E-state index in [1.54, 1.807) is 4.90 Å². The van der Waals surface area contributed by atoms with Gasteiger partial charge in [-0.25, -0.2) is 8.78 Å². The summed E-state index contributed by atoms with van der Waals surface area (Å²) in [6.07, 6.45) is 1.95. The number of benzene rings is 1. The first kappa shape index (κ1) is 14.9. The van der Waals surface area contributed by atoms with Crippen molar-refractivity contribution in [3.63, 3.8) is 0 Å². The summed E-state index contributed by atoms with van der Waals surface area (Å²) >= 11 is 0. The van der Waals surface area contributed by atoms with E-state index in [1.807, 2.05) is 0 Å². The zero-order valence-electron chi connectivity index (χ0n) is 11.6. The Bertz CT molecular complexity index is 493. The average molecular weight is 282 g/mol. The van der Waals surface area contributed by atoms with E-state index in [-0.39, 0.29) is 23.9 Å². The third kappa shape index (κ3) is 3.15. The van der Waals surface area contributed by atoms with Crippen LogP contribution in [0.5, 0.6) is 0 Å². The van der Waals surface area contributed by atoms with Crippen LogP contribution in [0.1, 0.15) is 25.3 Å². The number of piperidine rings is 1. The van der Waals surface area contributed by atoms with E-state index in [1.165, 1.54) is 12.1 Å². The van der Waals surface area contributed by atoms with Gasteiger partial charge in [0.15, 0.2) is 0 Å². The third-order valence-corrected chi connectivity index (χ3v) is 4.03. The minimum Gasteiger partial charge on any atom is -0.338 e. The van der Waals surface area contributed by atoms with Crippen LogP contribution in [0.4, 0.5) is 8.78 Å². The summed E-state index contributed by atoms with van der Waals surface area (Å²) in [4.78, 5) is 14.1. The van der Waals surface area contributed by atoms with Crippen molar-refractivity contribution < 1.29 is 13.6 Å². The summed E-state index contributed by atoms with van der Waals surface area (Å²) in [6, 6.07) is 3.32. The van der Waals surface area contributed by atoms with Crippen LogP contribution in [-0.2, 0) is 11.2 Å². The maximum atomic E-state index is 13.6. The van der Waals surface area contributed by atoms with E-state index in [4.69, 9.17) is 5.73 Å². The molecule has 2 atom stereocenters. The SMILES string of the molecule is C[C@@H]1CCCN(C(=O)Cc2ccc(F)cc2F)[C@@H]1CN. The van der Waals surface area contributed by atoms with E-state index in [0.29, 0.717) is 19.0 Å². The van der Waals surface area contributed by atoms with Crippen molar-refractivity contribution in [3.8, 4) is 0 Å². The van der Waals surface area contributed by atoms with Crippen molar-refractivity contribution in [2.45, 2.75) is 32.2 Å². The molecule has 3 nitrogen and oxygen atoms in total. The molecule has 20 heavy (non-hydrogen) atoms. The standard InChI is InChI=1S/C15H20F2N2O/c1-10-3-2-6-19(14(10)9-18)15(20)7-11-4-5-12(16)8-13(11)17/h4-5,8,10,14H,2-3,6-7,9,18H2,1H3/t10-,14-/m1/s1. The molecule has 0 aliphatic carbocycles. The lowest BCUT2D eigenvalue weighted by Gasteiger charge is -2.39. The number of halogens is 2. The first-order valence-corrected chi connectivity index (χ1v) is 6.96. The van der Waals surface area contributed by atoms with Crippen LogP contribution in [0, 0.1) is 17.6 Å². The molecule has 1 aliphatic rings. The highest BCUT2D eigenvalue weighted by Gasteiger charge is 2.30. The molecule has 1 heterocycles. The number of nitrogens with zero attached hydrogens (tertiary/aromatic N) is 1. The number of carbonyl (C=O) groups is 1. The lowest BCUT2D eigenvalue weighted by atomic mass is 9.90. The molecule has 5 heteroatoms. The molecule has 0 aromatic heterocycles. The first-order valence-electron chi connectivity index (χ1n) is 6.96. The summed E-state index contributed by atoms with van der Waals surface area (Å²) in [5, 5.41) is 0. The van der Waals surface area contributed by atoms with Gasteiger partial charge in [0.25, 0.3) is 0 Å². The van der Waals surface area contributed by atoms with Crippen molar-refractivity contribution in [2.75, 3.05) is 13.1 Å². The van der Waals surface area contributed by atoms with Crippen LogP contribution in [0.2, 0.25) is 0 Å². The van der Waals surface area contributed by atoms with Crippen molar-refractivity contribution in [3.05, 3.63) is 35.4 Å². The Balaban J connectivity index is 2.10. The average Bonchev–Trinajstić information content (AvgIpc) is 2.41. The van der Waals surface area contributed by atoms with Gasteiger partial charge in [-0.1, -0.05) is 13.0 Å². The zero-order valence-corrected chi connectivity index (χ0v) is 11.6. The Morgan fingerprint density at radius 3 is 2.85 bits per heavy atom. The Hall–Kier alpha value is -1.49. The van der Waals surface area contributed by atoms with Crippen LogP contribution < -0.4 is 5.73 Å². The monoisotopic (exact) mass is 282 g/mol. The van der Waals surface area contributed by atoms with Gasteiger partial charge in [0.1, 0.15) is 11.6 Å². The predicted octanol–water partition coefficient (Wildman–Crippen LogP) is 2.09. The van der Waals surface area contributed by atoms with Crippen LogP contribution in [0.15, 0.2) is 18.2 Å². The quantitative estimate of drug-likeness (QED) is 0.922. The maximum absolute atomic E-state index is 13.6. The lowest BCUT2D eigenvalue weighted by Crippen LogP contribution is -2.51. The van der Waals surface area contributed by atoms with E-state index >= 15 is 0 Å². The fourth-order valence-electron chi connectivity index (χ4n) is 2.85. The molecular formula is C15H20F2N2O. The number of rotatable bonds is 3. The van der Waals surface area contributed by atoms with Crippen molar-refractivity contribution >= 4 is 5.91 Å². The second-order valence-corrected chi connectivity index (χ2v) is 5.42. The summed E-state index contributed by atoms with van der Waals surface area (Å²) in [5.74, 6) is -1.09. The highest BCUT2D eigenvalue weighted by molar-refractivity contribution is 5.79. The molecule has 2 rings (SSSR count). The number of likely N-dealkylation sites (tertiary alicyclic amines) is 1. The summed E-state index contributed by atoms with van der Waals surface area (Å²) in [7, 11) is 0. The Labute approximate surface area is 117 Å². The summed E-state index contributed by atoms with van der Waals surface area (Å²) < 4.78 is 26.5. The Morgan fingerprint density at radius 1 is 1.45 bits per heavy atom. The summed E-state index contributed by atoms with van der Waals surface area (Å²) in [6.45, 7) is 3.15. The van der Waals surface area contributed by atoms with Gasteiger partial charge in [0, 0.05) is 25.2 Å². The van der Waals surface area contributed by atoms with Gasteiger partial charge in [-0.15, -0.1) is 0 Å². The molecule has 1 aliphatic heterocycles. The number of hydrogen-bond acceptors (Lipinski definition) is 2. The van der Waals surface area contributed by atoms with Gasteiger partial charge >= 0.3 is 0 Å². The molecule has 0 unspecified atom stereocenters. The van der Waals surface area contributed by atoms with Crippen molar-refractivity contribution in [1.29, 1.82) is 0 Å². The second kappa shape index (κ2) is 6.31. The second-order valence-electron chi connectivity index (χ2n) is 5.42. The fraction of sp³-hybridized carbons (Fsp3) is 0.533. The molecule has 1 amide bonds. The smallest absolute Gasteiger partial charge is 0.227 e. The Kier molecular flexibility index (Phi) is 4.70. The Morgan fingerprint density at radius 2 is 2.20 bits per heavy atom. The molecule has 0 bridgehead atoms. The first-order chi connectivity index (χ1) is 9.52.